The largest absolute Gasteiger partial charge is 0.331 e. The summed E-state index contributed by atoms with van der Waals surface area (Å²) in [6.07, 6.45) is 2.31. The van der Waals surface area contributed by atoms with E-state index in [-0.39, 0.29) is 6.04 Å². The molecule has 1 N–H and O–H groups in total. The molecule has 0 aliphatic carbocycles. The molecule has 0 saturated carbocycles. The van der Waals surface area contributed by atoms with Gasteiger partial charge in [0.1, 0.15) is 18.8 Å². The number of hydrogen-bond acceptors (Lipinski definition) is 5. The third kappa shape index (κ3) is 3.43. The SMILES string of the molecule is O=C(Nc1cccc(Cn2cncn2)c1)C(=O)N1CC(N2CC(F)C2)C1. The number of nitrogens with zero attached hydrogens (tertiary/aromatic N) is 5. The van der Waals surface area contributed by atoms with Gasteiger partial charge in [-0.1, -0.05) is 12.1 Å². The molecular weight excluding hydrogens is 339 g/mol. The van der Waals surface area contributed by atoms with Crippen molar-refractivity contribution in [2.24, 2.45) is 0 Å². The number of carbonyl (C=O) groups is 2. The van der Waals surface area contributed by atoms with Crippen LogP contribution in [0.15, 0.2) is 36.9 Å². The average Bonchev–Trinajstić information content (AvgIpc) is 3.05. The highest BCUT2D eigenvalue weighted by molar-refractivity contribution is 6.39. The number of aromatic nitrogens is 3. The molecule has 0 unspecified atom stereocenters. The molecule has 2 aliphatic rings. The Morgan fingerprint density at radius 1 is 1.23 bits per heavy atom. The number of alkyl halides is 1. The number of rotatable bonds is 4. The van der Waals surface area contributed by atoms with Gasteiger partial charge >= 0.3 is 11.8 Å². The maximum Gasteiger partial charge on any atom is 0.313 e. The van der Waals surface area contributed by atoms with Gasteiger partial charge in [-0.3, -0.25) is 14.5 Å². The van der Waals surface area contributed by atoms with Crippen LogP contribution in [0.4, 0.5) is 10.1 Å². The highest BCUT2D eigenvalue weighted by Crippen LogP contribution is 2.22. The van der Waals surface area contributed by atoms with Crippen molar-refractivity contribution >= 4 is 17.5 Å². The molecule has 2 aliphatic heterocycles. The number of likely N-dealkylation sites (tertiary alicyclic amines) is 2. The fourth-order valence-electron chi connectivity index (χ4n) is 3.18. The van der Waals surface area contributed by atoms with Crippen LogP contribution in [-0.2, 0) is 16.1 Å². The summed E-state index contributed by atoms with van der Waals surface area (Å²) in [6, 6.07) is 7.42. The highest BCUT2D eigenvalue weighted by Gasteiger charge is 2.41. The molecule has 0 bridgehead atoms. The number of anilines is 1. The summed E-state index contributed by atoms with van der Waals surface area (Å²) in [5.41, 5.74) is 1.49. The standard InChI is InChI=1S/C17H19FN6O2/c18-13-6-22(7-13)15-8-23(9-15)17(26)16(25)21-14-3-1-2-12(4-14)5-24-11-19-10-20-24/h1-4,10-11,13,15H,5-9H2,(H,21,25). The number of carbonyl (C=O) groups excluding carboxylic acids is 2. The molecule has 0 atom stereocenters. The molecule has 2 amide bonds. The molecule has 9 heteroatoms. The number of amides is 2. The Bertz CT molecular complexity index is 799. The highest BCUT2D eigenvalue weighted by atomic mass is 19.1. The van der Waals surface area contributed by atoms with Gasteiger partial charge in [0.05, 0.1) is 6.54 Å². The molecule has 2 aromatic rings. The van der Waals surface area contributed by atoms with E-state index in [0.29, 0.717) is 38.4 Å². The molecule has 1 aromatic carbocycles. The van der Waals surface area contributed by atoms with Crippen LogP contribution in [0.25, 0.3) is 0 Å². The van der Waals surface area contributed by atoms with Crippen LogP contribution in [0, 0.1) is 0 Å². The molecule has 136 valence electrons. The third-order valence-corrected chi connectivity index (χ3v) is 4.72. The molecule has 26 heavy (non-hydrogen) atoms. The Morgan fingerprint density at radius 3 is 2.73 bits per heavy atom. The zero-order chi connectivity index (χ0) is 18.1. The summed E-state index contributed by atoms with van der Waals surface area (Å²) >= 11 is 0. The van der Waals surface area contributed by atoms with Crippen molar-refractivity contribution in [1.29, 1.82) is 0 Å². The molecule has 3 heterocycles. The molecule has 0 radical (unpaired) electrons. The van der Waals surface area contributed by atoms with Crippen molar-refractivity contribution in [2.45, 2.75) is 18.8 Å². The number of halogens is 1. The topological polar surface area (TPSA) is 83.4 Å². The Kier molecular flexibility index (Phi) is 4.37. The van der Waals surface area contributed by atoms with Crippen molar-refractivity contribution in [1.82, 2.24) is 24.6 Å². The van der Waals surface area contributed by atoms with E-state index < -0.39 is 18.0 Å². The van der Waals surface area contributed by atoms with Gasteiger partial charge in [0.25, 0.3) is 0 Å². The van der Waals surface area contributed by atoms with Crippen LogP contribution < -0.4 is 5.32 Å². The molecule has 0 spiro atoms. The first-order valence-electron chi connectivity index (χ1n) is 8.48. The van der Waals surface area contributed by atoms with Gasteiger partial charge in [-0.15, -0.1) is 0 Å². The summed E-state index contributed by atoms with van der Waals surface area (Å²) < 4.78 is 14.5. The van der Waals surface area contributed by atoms with Crippen LogP contribution in [-0.4, -0.2) is 74.8 Å². The predicted octanol–water partition coefficient (Wildman–Crippen LogP) is 0.129. The van der Waals surface area contributed by atoms with Crippen molar-refractivity contribution in [2.75, 3.05) is 31.5 Å². The van der Waals surface area contributed by atoms with Crippen LogP contribution in [0.2, 0.25) is 0 Å². The second-order valence-electron chi connectivity index (χ2n) is 6.66. The minimum absolute atomic E-state index is 0.171. The molecule has 8 nitrogen and oxygen atoms in total. The number of nitrogens with one attached hydrogen (secondary N) is 1. The van der Waals surface area contributed by atoms with Gasteiger partial charge in [-0.25, -0.2) is 14.1 Å². The maximum absolute atomic E-state index is 12.9. The van der Waals surface area contributed by atoms with Gasteiger partial charge in [0, 0.05) is 37.9 Å². The lowest BCUT2D eigenvalue weighted by Crippen LogP contribution is -2.67. The molecule has 2 saturated heterocycles. The summed E-state index contributed by atoms with van der Waals surface area (Å²) in [5, 5.41) is 6.68. The van der Waals surface area contributed by atoms with Gasteiger partial charge in [0.15, 0.2) is 0 Å². The molecule has 2 fully saturated rings. The van der Waals surface area contributed by atoms with Crippen molar-refractivity contribution in [3.8, 4) is 0 Å². The van der Waals surface area contributed by atoms with Gasteiger partial charge in [0.2, 0.25) is 0 Å². The van der Waals surface area contributed by atoms with E-state index >= 15 is 0 Å². The predicted molar refractivity (Wildman–Crippen MR) is 91.0 cm³/mol. The summed E-state index contributed by atoms with van der Waals surface area (Å²) in [7, 11) is 0. The van der Waals surface area contributed by atoms with Crippen molar-refractivity contribution in [3.63, 3.8) is 0 Å². The lowest BCUT2D eigenvalue weighted by atomic mass is 10.0. The first kappa shape index (κ1) is 16.6. The summed E-state index contributed by atoms with van der Waals surface area (Å²) in [6.45, 7) is 2.34. The molecule has 1 aromatic heterocycles. The first-order valence-corrected chi connectivity index (χ1v) is 8.48. The monoisotopic (exact) mass is 358 g/mol. The van der Waals surface area contributed by atoms with Crippen molar-refractivity contribution in [3.05, 3.63) is 42.5 Å². The van der Waals surface area contributed by atoms with E-state index in [4.69, 9.17) is 0 Å². The van der Waals surface area contributed by atoms with E-state index in [9.17, 15) is 14.0 Å². The lowest BCUT2D eigenvalue weighted by molar-refractivity contribution is -0.150. The summed E-state index contributed by atoms with van der Waals surface area (Å²) in [5.74, 6) is -1.21. The third-order valence-electron chi connectivity index (χ3n) is 4.72. The number of hydrogen-bond donors (Lipinski definition) is 1. The second-order valence-corrected chi connectivity index (χ2v) is 6.66. The van der Waals surface area contributed by atoms with E-state index in [1.165, 1.54) is 11.2 Å². The Hall–Kier alpha value is -2.81. The zero-order valence-electron chi connectivity index (χ0n) is 14.1. The number of benzene rings is 1. The molecular formula is C17H19FN6O2. The van der Waals surface area contributed by atoms with E-state index in [1.807, 2.05) is 17.0 Å². The fraction of sp³-hybridized carbons (Fsp3) is 0.412. The Labute approximate surface area is 149 Å². The lowest BCUT2D eigenvalue weighted by Gasteiger charge is -2.49. The Morgan fingerprint density at radius 2 is 2.04 bits per heavy atom. The minimum atomic E-state index is -0.757. The van der Waals surface area contributed by atoms with E-state index in [1.54, 1.807) is 23.1 Å². The quantitative estimate of drug-likeness (QED) is 0.786. The first-order chi connectivity index (χ1) is 12.6. The average molecular weight is 358 g/mol. The fourth-order valence-corrected chi connectivity index (χ4v) is 3.18. The van der Waals surface area contributed by atoms with E-state index in [2.05, 4.69) is 15.4 Å². The van der Waals surface area contributed by atoms with Gasteiger partial charge < -0.3 is 10.2 Å². The van der Waals surface area contributed by atoms with E-state index in [0.717, 1.165) is 5.56 Å². The minimum Gasteiger partial charge on any atom is -0.331 e. The molecule has 4 rings (SSSR count). The second kappa shape index (κ2) is 6.83. The van der Waals surface area contributed by atoms with Crippen LogP contribution in [0.5, 0.6) is 0 Å². The van der Waals surface area contributed by atoms with Crippen LogP contribution >= 0.6 is 0 Å². The maximum atomic E-state index is 12.9. The Balaban J connectivity index is 1.30. The zero-order valence-corrected chi connectivity index (χ0v) is 14.1. The normalized spacial score (nSPS) is 18.3. The summed E-state index contributed by atoms with van der Waals surface area (Å²) in [4.78, 5) is 31.8. The smallest absolute Gasteiger partial charge is 0.313 e. The van der Waals surface area contributed by atoms with Gasteiger partial charge in [-0.05, 0) is 17.7 Å². The van der Waals surface area contributed by atoms with Crippen molar-refractivity contribution < 1.29 is 14.0 Å². The van der Waals surface area contributed by atoms with Crippen LogP contribution in [0.1, 0.15) is 5.56 Å². The van der Waals surface area contributed by atoms with Gasteiger partial charge in [-0.2, -0.15) is 5.10 Å². The van der Waals surface area contributed by atoms with Crippen LogP contribution in [0.3, 0.4) is 0 Å².